The number of hydrogen-bond donors (Lipinski definition) is 2. The summed E-state index contributed by atoms with van der Waals surface area (Å²) in [5.41, 5.74) is 1.56. The van der Waals surface area contributed by atoms with E-state index in [0.29, 0.717) is 18.1 Å². The van der Waals surface area contributed by atoms with Crippen molar-refractivity contribution in [2.45, 2.75) is 20.4 Å². The molecule has 1 aromatic carbocycles. The highest BCUT2D eigenvalue weighted by atomic mass is 16.5. The summed E-state index contributed by atoms with van der Waals surface area (Å²) >= 11 is 0. The van der Waals surface area contributed by atoms with Gasteiger partial charge in [0.15, 0.2) is 0 Å². The summed E-state index contributed by atoms with van der Waals surface area (Å²) in [4.78, 5) is 11.9. The third kappa shape index (κ3) is 3.28. The minimum atomic E-state index is -0.301. The van der Waals surface area contributed by atoms with Crippen LogP contribution in [-0.2, 0) is 6.54 Å². The molecule has 20 heavy (non-hydrogen) atoms. The van der Waals surface area contributed by atoms with Gasteiger partial charge in [-0.05, 0) is 38.1 Å². The molecule has 0 saturated heterocycles. The van der Waals surface area contributed by atoms with Gasteiger partial charge in [0.2, 0.25) is 0 Å². The van der Waals surface area contributed by atoms with Crippen LogP contribution in [0.15, 0.2) is 30.3 Å². The monoisotopic (exact) mass is 274 g/mol. The Morgan fingerprint density at radius 1 is 1.30 bits per heavy atom. The van der Waals surface area contributed by atoms with E-state index >= 15 is 0 Å². The first-order chi connectivity index (χ1) is 9.62. The van der Waals surface area contributed by atoms with Gasteiger partial charge in [-0.2, -0.15) is 5.10 Å². The van der Waals surface area contributed by atoms with Gasteiger partial charge in [0.05, 0.1) is 12.8 Å². The number of aryl methyl sites for hydroxylation is 2. The zero-order valence-electron chi connectivity index (χ0n) is 11.8. The van der Waals surface area contributed by atoms with Gasteiger partial charge in [0.25, 0.3) is 0 Å². The Morgan fingerprint density at radius 3 is 2.60 bits per heavy atom. The Balaban J connectivity index is 2.00. The predicted molar refractivity (Wildman–Crippen MR) is 78.3 cm³/mol. The summed E-state index contributed by atoms with van der Waals surface area (Å²) in [6.07, 6.45) is 0. The third-order valence-corrected chi connectivity index (χ3v) is 2.79. The first-order valence-corrected chi connectivity index (χ1v) is 6.39. The van der Waals surface area contributed by atoms with Gasteiger partial charge in [-0.25, -0.2) is 9.48 Å². The molecule has 2 aromatic rings. The molecular weight excluding hydrogens is 256 g/mol. The fraction of sp³-hybridized carbons (Fsp3) is 0.286. The minimum Gasteiger partial charge on any atom is -0.497 e. The minimum absolute atomic E-state index is 0.301. The largest absolute Gasteiger partial charge is 0.497 e. The zero-order valence-corrected chi connectivity index (χ0v) is 11.8. The molecule has 0 fully saturated rings. The van der Waals surface area contributed by atoms with Gasteiger partial charge >= 0.3 is 6.03 Å². The van der Waals surface area contributed by atoms with Gasteiger partial charge in [-0.1, -0.05) is 0 Å². The number of benzene rings is 1. The highest BCUT2D eigenvalue weighted by Gasteiger charge is 2.08. The lowest BCUT2D eigenvalue weighted by Gasteiger charge is -2.09. The number of nitrogens with one attached hydrogen (secondary N) is 2. The van der Waals surface area contributed by atoms with E-state index in [1.54, 1.807) is 36.1 Å². The second-order valence-corrected chi connectivity index (χ2v) is 4.29. The van der Waals surface area contributed by atoms with Crippen LogP contribution in [-0.4, -0.2) is 22.9 Å². The summed E-state index contributed by atoms with van der Waals surface area (Å²) in [5, 5.41) is 9.80. The summed E-state index contributed by atoms with van der Waals surface area (Å²) in [6.45, 7) is 4.56. The van der Waals surface area contributed by atoms with Crippen LogP contribution < -0.4 is 15.4 Å². The number of carbonyl (C=O) groups is 1. The van der Waals surface area contributed by atoms with Crippen LogP contribution in [0, 0.1) is 6.92 Å². The molecule has 0 spiro atoms. The molecule has 0 radical (unpaired) electrons. The molecule has 1 aromatic heterocycles. The smallest absolute Gasteiger partial charge is 0.324 e. The Labute approximate surface area is 117 Å². The van der Waals surface area contributed by atoms with Crippen LogP contribution in [0.2, 0.25) is 0 Å². The topological polar surface area (TPSA) is 68.2 Å². The number of methoxy groups -OCH3 is 1. The zero-order chi connectivity index (χ0) is 14.5. The van der Waals surface area contributed by atoms with Crippen molar-refractivity contribution in [3.05, 3.63) is 36.0 Å². The van der Waals surface area contributed by atoms with Crippen molar-refractivity contribution in [1.29, 1.82) is 0 Å². The molecule has 0 aliphatic rings. The molecule has 2 rings (SSSR count). The lowest BCUT2D eigenvalue weighted by atomic mass is 10.3. The van der Waals surface area contributed by atoms with Crippen LogP contribution in [0.25, 0.3) is 0 Å². The van der Waals surface area contributed by atoms with Gasteiger partial charge in [-0.15, -0.1) is 0 Å². The number of ether oxygens (including phenoxy) is 1. The SMILES string of the molecule is CCn1nc(C)cc1NC(=O)Nc1ccc(OC)cc1. The Bertz CT molecular complexity index is 590. The number of aromatic nitrogens is 2. The Kier molecular flexibility index (Phi) is 4.24. The van der Waals surface area contributed by atoms with Gasteiger partial charge in [-0.3, -0.25) is 5.32 Å². The molecule has 0 unspecified atom stereocenters. The van der Waals surface area contributed by atoms with E-state index in [1.807, 2.05) is 19.9 Å². The molecule has 0 aliphatic carbocycles. The number of nitrogens with zero attached hydrogens (tertiary/aromatic N) is 2. The van der Waals surface area contributed by atoms with Crippen molar-refractivity contribution in [1.82, 2.24) is 9.78 Å². The van der Waals surface area contributed by atoms with E-state index < -0.39 is 0 Å². The van der Waals surface area contributed by atoms with Crippen molar-refractivity contribution in [3.8, 4) is 5.75 Å². The van der Waals surface area contributed by atoms with Crippen LogP contribution in [0.4, 0.5) is 16.3 Å². The number of amides is 2. The molecule has 0 atom stereocenters. The van der Waals surface area contributed by atoms with E-state index in [4.69, 9.17) is 4.74 Å². The number of rotatable bonds is 4. The maximum Gasteiger partial charge on any atom is 0.324 e. The summed E-state index contributed by atoms with van der Waals surface area (Å²) in [6, 6.07) is 8.66. The highest BCUT2D eigenvalue weighted by Crippen LogP contribution is 2.16. The molecule has 2 N–H and O–H groups in total. The molecule has 1 heterocycles. The van der Waals surface area contributed by atoms with E-state index in [1.165, 1.54) is 0 Å². The van der Waals surface area contributed by atoms with Crippen molar-refractivity contribution in [3.63, 3.8) is 0 Å². The van der Waals surface area contributed by atoms with Crippen molar-refractivity contribution in [2.24, 2.45) is 0 Å². The second-order valence-electron chi connectivity index (χ2n) is 4.29. The fourth-order valence-electron chi connectivity index (χ4n) is 1.84. The highest BCUT2D eigenvalue weighted by molar-refractivity contribution is 5.99. The van der Waals surface area contributed by atoms with Crippen molar-refractivity contribution >= 4 is 17.5 Å². The molecule has 6 heteroatoms. The van der Waals surface area contributed by atoms with Crippen LogP contribution in [0.5, 0.6) is 5.75 Å². The van der Waals surface area contributed by atoms with E-state index in [-0.39, 0.29) is 6.03 Å². The standard InChI is InChI=1S/C14H18N4O2/c1-4-18-13(9-10(2)17-18)16-14(19)15-11-5-7-12(20-3)8-6-11/h5-9H,4H2,1-3H3,(H2,15,16,19). The second kappa shape index (κ2) is 6.10. The molecule has 0 bridgehead atoms. The summed E-state index contributed by atoms with van der Waals surface area (Å²) < 4.78 is 6.80. The number of hydrogen-bond acceptors (Lipinski definition) is 3. The van der Waals surface area contributed by atoms with Crippen molar-refractivity contribution in [2.75, 3.05) is 17.7 Å². The predicted octanol–water partition coefficient (Wildman–Crippen LogP) is 2.86. The van der Waals surface area contributed by atoms with Crippen molar-refractivity contribution < 1.29 is 9.53 Å². The maximum atomic E-state index is 11.9. The summed E-state index contributed by atoms with van der Waals surface area (Å²) in [7, 11) is 1.60. The summed E-state index contributed by atoms with van der Waals surface area (Å²) in [5.74, 6) is 1.42. The average Bonchev–Trinajstić information content (AvgIpc) is 2.79. The number of urea groups is 1. The van der Waals surface area contributed by atoms with Crippen LogP contribution in [0.3, 0.4) is 0 Å². The van der Waals surface area contributed by atoms with Gasteiger partial charge in [0, 0.05) is 18.3 Å². The molecule has 2 amide bonds. The lowest BCUT2D eigenvalue weighted by molar-refractivity contribution is 0.262. The molecule has 106 valence electrons. The van der Waals surface area contributed by atoms with Crippen LogP contribution >= 0.6 is 0 Å². The maximum absolute atomic E-state index is 11.9. The average molecular weight is 274 g/mol. The molecule has 0 saturated carbocycles. The van der Waals surface area contributed by atoms with E-state index in [0.717, 1.165) is 11.4 Å². The third-order valence-electron chi connectivity index (χ3n) is 2.79. The Hall–Kier alpha value is -2.50. The lowest BCUT2D eigenvalue weighted by Crippen LogP contribution is -2.21. The first-order valence-electron chi connectivity index (χ1n) is 6.39. The quantitative estimate of drug-likeness (QED) is 0.900. The number of carbonyl (C=O) groups excluding carboxylic acids is 1. The molecule has 0 aliphatic heterocycles. The van der Waals surface area contributed by atoms with Crippen LogP contribution in [0.1, 0.15) is 12.6 Å². The van der Waals surface area contributed by atoms with Gasteiger partial charge in [0.1, 0.15) is 11.6 Å². The normalized spacial score (nSPS) is 10.2. The first kappa shape index (κ1) is 13.9. The van der Waals surface area contributed by atoms with E-state index in [9.17, 15) is 4.79 Å². The van der Waals surface area contributed by atoms with Gasteiger partial charge < -0.3 is 10.1 Å². The Morgan fingerprint density at radius 2 is 2.00 bits per heavy atom. The van der Waals surface area contributed by atoms with E-state index in [2.05, 4.69) is 15.7 Å². The number of anilines is 2. The fourth-order valence-corrected chi connectivity index (χ4v) is 1.84. The molecular formula is C14H18N4O2. The molecule has 6 nitrogen and oxygen atoms in total.